The number of hydrogen-bond donors (Lipinski definition) is 0. The molecule has 0 spiro atoms. The predicted octanol–water partition coefficient (Wildman–Crippen LogP) is 10.6. The van der Waals surface area contributed by atoms with Crippen LogP contribution in [0.3, 0.4) is 0 Å². The van der Waals surface area contributed by atoms with Crippen LogP contribution >= 0.6 is 0 Å². The van der Waals surface area contributed by atoms with Crippen molar-refractivity contribution in [1.29, 1.82) is 0 Å². The number of carbonyl (C=O) groups excluding carboxylic acids is 1. The molecule has 0 N–H and O–H groups in total. The first-order chi connectivity index (χ1) is 22.2. The van der Waals surface area contributed by atoms with Gasteiger partial charge in [0.2, 0.25) is 0 Å². The second kappa shape index (κ2) is 20.8. The van der Waals surface area contributed by atoms with Gasteiger partial charge in [0.1, 0.15) is 30.8 Å². The molecule has 4 rings (SSSR count). The molecule has 1 aliphatic heterocycles. The number of Topliss-reactive ketones (excluding diaryl/α,β-unsaturated/α-hetero) is 1. The molecule has 2 atom stereocenters. The van der Waals surface area contributed by atoms with E-state index in [1.165, 1.54) is 57.8 Å². The maximum absolute atomic E-state index is 14.3. The summed E-state index contributed by atoms with van der Waals surface area (Å²) in [5.41, 5.74) is 2.62. The van der Waals surface area contributed by atoms with Crippen LogP contribution < -0.4 is 9.47 Å². The van der Waals surface area contributed by atoms with Gasteiger partial charge in [0.05, 0.1) is 5.56 Å². The molecule has 0 amide bonds. The minimum absolute atomic E-state index is 0.0653. The summed E-state index contributed by atoms with van der Waals surface area (Å²) in [5, 5.41) is 0. The molecule has 0 aromatic heterocycles. The summed E-state index contributed by atoms with van der Waals surface area (Å²) in [7, 11) is 0. The van der Waals surface area contributed by atoms with E-state index in [-0.39, 0.29) is 12.1 Å². The SMILES string of the molecule is CCCCCCCCCCCCCC(OC1CCCCO1)C(=O)c1cc(OCc2ccccc2)ccc1OCc1ccccc1. The predicted molar refractivity (Wildman–Crippen MR) is 182 cm³/mol. The summed E-state index contributed by atoms with van der Waals surface area (Å²) >= 11 is 0. The van der Waals surface area contributed by atoms with E-state index in [1.807, 2.05) is 78.9 Å². The molecule has 1 saturated heterocycles. The molecule has 5 nitrogen and oxygen atoms in total. The fraction of sp³-hybridized carbons (Fsp3) is 0.525. The van der Waals surface area contributed by atoms with E-state index in [4.69, 9.17) is 18.9 Å². The third-order valence-corrected chi connectivity index (χ3v) is 8.52. The van der Waals surface area contributed by atoms with Gasteiger partial charge in [-0.3, -0.25) is 4.79 Å². The lowest BCUT2D eigenvalue weighted by Crippen LogP contribution is -2.33. The standard InChI is InChI=1S/C40H54O5/c1-2-3-4-5-6-7-8-9-10-11-18-25-38(45-39-26-19-20-29-42-39)40(41)36-30-35(43-31-33-21-14-12-15-22-33)27-28-37(36)44-32-34-23-16-13-17-24-34/h12-17,21-24,27-28,30,38-39H,2-11,18-20,25-26,29,31-32H2,1H3. The molecular formula is C40H54O5. The number of unbranched alkanes of at least 4 members (excludes halogenated alkanes) is 10. The van der Waals surface area contributed by atoms with Crippen molar-refractivity contribution in [1.82, 2.24) is 0 Å². The van der Waals surface area contributed by atoms with E-state index < -0.39 is 6.10 Å². The monoisotopic (exact) mass is 614 g/mol. The summed E-state index contributed by atoms with van der Waals surface area (Å²) in [6.07, 6.45) is 16.6. The van der Waals surface area contributed by atoms with Crippen molar-refractivity contribution < 1.29 is 23.7 Å². The van der Waals surface area contributed by atoms with Crippen molar-refractivity contribution in [3.63, 3.8) is 0 Å². The number of carbonyl (C=O) groups is 1. The van der Waals surface area contributed by atoms with Crippen LogP contribution in [0.1, 0.15) is 125 Å². The molecule has 45 heavy (non-hydrogen) atoms. The highest BCUT2D eigenvalue weighted by Gasteiger charge is 2.28. The maximum atomic E-state index is 14.3. The molecule has 5 heteroatoms. The van der Waals surface area contributed by atoms with Crippen molar-refractivity contribution in [3.05, 3.63) is 95.6 Å². The summed E-state index contributed by atoms with van der Waals surface area (Å²) in [6.45, 7) is 3.75. The van der Waals surface area contributed by atoms with Crippen LogP contribution in [0.2, 0.25) is 0 Å². The van der Waals surface area contributed by atoms with E-state index in [1.54, 1.807) is 0 Å². The van der Waals surface area contributed by atoms with Gasteiger partial charge in [-0.25, -0.2) is 0 Å². The zero-order chi connectivity index (χ0) is 31.4. The molecule has 2 unspecified atom stereocenters. The molecular weight excluding hydrogens is 560 g/mol. The highest BCUT2D eigenvalue weighted by molar-refractivity contribution is 6.02. The van der Waals surface area contributed by atoms with Crippen LogP contribution in [0.5, 0.6) is 11.5 Å². The summed E-state index contributed by atoms with van der Waals surface area (Å²) in [5.74, 6) is 1.12. The van der Waals surface area contributed by atoms with Gasteiger partial charge in [0.15, 0.2) is 12.1 Å². The first-order valence-electron chi connectivity index (χ1n) is 17.5. The Morgan fingerprint density at radius 3 is 1.93 bits per heavy atom. The zero-order valence-electron chi connectivity index (χ0n) is 27.4. The second-order valence-corrected chi connectivity index (χ2v) is 12.3. The van der Waals surface area contributed by atoms with Crippen LogP contribution in [0, 0.1) is 0 Å². The molecule has 0 aliphatic carbocycles. The Bertz CT molecular complexity index is 1210. The van der Waals surface area contributed by atoms with Gasteiger partial charge in [-0.15, -0.1) is 0 Å². The summed E-state index contributed by atoms with van der Waals surface area (Å²) in [4.78, 5) is 14.3. The first kappa shape index (κ1) is 34.7. The van der Waals surface area contributed by atoms with Gasteiger partial charge in [-0.05, 0) is 55.0 Å². The Kier molecular flexibility index (Phi) is 16.0. The van der Waals surface area contributed by atoms with Gasteiger partial charge < -0.3 is 18.9 Å². The molecule has 244 valence electrons. The van der Waals surface area contributed by atoms with Gasteiger partial charge in [-0.1, -0.05) is 138 Å². The molecule has 0 radical (unpaired) electrons. The van der Waals surface area contributed by atoms with E-state index in [2.05, 4.69) is 6.92 Å². The van der Waals surface area contributed by atoms with Crippen LogP contribution in [-0.4, -0.2) is 24.8 Å². The number of ether oxygens (including phenoxy) is 4. The van der Waals surface area contributed by atoms with Gasteiger partial charge >= 0.3 is 0 Å². The highest BCUT2D eigenvalue weighted by Crippen LogP contribution is 2.30. The summed E-state index contributed by atoms with van der Waals surface area (Å²) in [6, 6.07) is 25.6. The zero-order valence-corrected chi connectivity index (χ0v) is 27.4. The van der Waals surface area contributed by atoms with E-state index in [9.17, 15) is 4.79 Å². The van der Waals surface area contributed by atoms with Crippen molar-refractivity contribution in [3.8, 4) is 11.5 Å². The lowest BCUT2D eigenvalue weighted by Gasteiger charge is -2.27. The average Bonchev–Trinajstić information content (AvgIpc) is 3.09. The highest BCUT2D eigenvalue weighted by atomic mass is 16.7. The smallest absolute Gasteiger partial charge is 0.195 e. The Morgan fingerprint density at radius 1 is 0.733 bits per heavy atom. The molecule has 3 aromatic rings. The second-order valence-electron chi connectivity index (χ2n) is 12.3. The fourth-order valence-electron chi connectivity index (χ4n) is 5.82. The molecule has 0 saturated carbocycles. The lowest BCUT2D eigenvalue weighted by atomic mass is 9.98. The van der Waals surface area contributed by atoms with Crippen LogP contribution in [0.15, 0.2) is 78.9 Å². The van der Waals surface area contributed by atoms with Crippen molar-refractivity contribution in [2.75, 3.05) is 6.61 Å². The van der Waals surface area contributed by atoms with Gasteiger partial charge in [0, 0.05) is 6.61 Å². The quantitative estimate of drug-likeness (QED) is 0.0832. The Labute approximate surface area is 271 Å². The Balaban J connectivity index is 1.40. The van der Waals surface area contributed by atoms with Crippen molar-refractivity contribution in [2.24, 2.45) is 0 Å². The Hall–Kier alpha value is -3.15. The largest absolute Gasteiger partial charge is 0.489 e. The van der Waals surface area contributed by atoms with E-state index in [0.29, 0.717) is 43.3 Å². The van der Waals surface area contributed by atoms with Gasteiger partial charge in [-0.2, -0.15) is 0 Å². The molecule has 1 heterocycles. The van der Waals surface area contributed by atoms with Crippen LogP contribution in [-0.2, 0) is 22.7 Å². The topological polar surface area (TPSA) is 54.0 Å². The fourth-order valence-corrected chi connectivity index (χ4v) is 5.82. The third-order valence-electron chi connectivity index (χ3n) is 8.52. The number of ketones is 1. The first-order valence-corrected chi connectivity index (χ1v) is 17.5. The normalized spacial score (nSPS) is 15.4. The lowest BCUT2D eigenvalue weighted by molar-refractivity contribution is -0.179. The molecule has 1 fully saturated rings. The number of rotatable bonds is 22. The van der Waals surface area contributed by atoms with Crippen LogP contribution in [0.4, 0.5) is 0 Å². The average molecular weight is 615 g/mol. The van der Waals surface area contributed by atoms with Gasteiger partial charge in [0.25, 0.3) is 0 Å². The summed E-state index contributed by atoms with van der Waals surface area (Å²) < 4.78 is 24.7. The molecule has 0 bridgehead atoms. The maximum Gasteiger partial charge on any atom is 0.195 e. The van der Waals surface area contributed by atoms with E-state index >= 15 is 0 Å². The van der Waals surface area contributed by atoms with E-state index in [0.717, 1.165) is 43.2 Å². The van der Waals surface area contributed by atoms with Crippen LogP contribution in [0.25, 0.3) is 0 Å². The van der Waals surface area contributed by atoms with Crippen molar-refractivity contribution >= 4 is 5.78 Å². The minimum atomic E-state index is -0.588. The number of hydrogen-bond acceptors (Lipinski definition) is 5. The number of benzene rings is 3. The Morgan fingerprint density at radius 2 is 1.33 bits per heavy atom. The molecule has 3 aromatic carbocycles. The third kappa shape index (κ3) is 13.0. The van der Waals surface area contributed by atoms with Crippen molar-refractivity contribution in [2.45, 2.75) is 129 Å². The minimum Gasteiger partial charge on any atom is -0.489 e. The molecule has 1 aliphatic rings.